The highest BCUT2D eigenvalue weighted by molar-refractivity contribution is 5.45. The van der Waals surface area contributed by atoms with Crippen LogP contribution in [0.2, 0.25) is 0 Å². The molecule has 2 saturated heterocycles. The van der Waals surface area contributed by atoms with Gasteiger partial charge in [-0.25, -0.2) is 0 Å². The summed E-state index contributed by atoms with van der Waals surface area (Å²) in [6.07, 6.45) is 5.20. The molecule has 3 atom stereocenters. The Morgan fingerprint density at radius 3 is 2.25 bits per heavy atom. The Balaban J connectivity index is 1.69. The van der Waals surface area contributed by atoms with Crippen LogP contribution in [0, 0.1) is 0 Å². The average Bonchev–Trinajstić information content (AvgIpc) is 2.77. The molecule has 0 radical (unpaired) electrons. The third-order valence-electron chi connectivity index (χ3n) is 6.57. The molecule has 0 N–H and O–H groups in total. The summed E-state index contributed by atoms with van der Waals surface area (Å²) in [4.78, 5) is 2.72. The predicted molar refractivity (Wildman–Crippen MR) is 112 cm³/mol. The first-order valence-corrected chi connectivity index (χ1v) is 10.3. The number of benzene rings is 2. The maximum absolute atomic E-state index is 5.59. The van der Waals surface area contributed by atoms with Gasteiger partial charge in [-0.2, -0.15) is 0 Å². The van der Waals surface area contributed by atoms with E-state index in [-0.39, 0.29) is 0 Å². The molecule has 0 spiro atoms. The molecular formula is C24H31NO3. The second kappa shape index (κ2) is 8.44. The van der Waals surface area contributed by atoms with Gasteiger partial charge in [0, 0.05) is 18.5 Å². The van der Waals surface area contributed by atoms with Crippen molar-refractivity contribution in [3.8, 4) is 17.2 Å². The van der Waals surface area contributed by atoms with Gasteiger partial charge >= 0.3 is 0 Å². The molecule has 1 unspecified atom stereocenters. The number of hydrogen-bond donors (Lipinski definition) is 0. The molecule has 2 aromatic carbocycles. The molecule has 0 aromatic heterocycles. The summed E-state index contributed by atoms with van der Waals surface area (Å²) in [6, 6.07) is 15.8. The van der Waals surface area contributed by atoms with Crippen molar-refractivity contribution < 1.29 is 14.2 Å². The number of hydrogen-bond acceptors (Lipinski definition) is 4. The lowest BCUT2D eigenvalue weighted by atomic mass is 9.72. The highest BCUT2D eigenvalue weighted by Gasteiger charge is 2.38. The highest BCUT2D eigenvalue weighted by atomic mass is 16.5. The Bertz CT molecular complexity index is 789. The van der Waals surface area contributed by atoms with Crippen LogP contribution in [0.5, 0.6) is 17.2 Å². The fraction of sp³-hybridized carbons (Fsp3) is 0.500. The smallest absolute Gasteiger partial charge is 0.160 e. The zero-order chi connectivity index (χ0) is 19.5. The molecular weight excluding hydrogens is 350 g/mol. The summed E-state index contributed by atoms with van der Waals surface area (Å²) in [7, 11) is 5.13. The van der Waals surface area contributed by atoms with Crippen LogP contribution in [-0.2, 0) is 0 Å². The molecule has 4 rings (SSSR count). The lowest BCUT2D eigenvalue weighted by Crippen LogP contribution is -2.48. The minimum absolute atomic E-state index is 0.471. The zero-order valence-corrected chi connectivity index (χ0v) is 17.2. The van der Waals surface area contributed by atoms with E-state index < -0.39 is 0 Å². The third-order valence-corrected chi connectivity index (χ3v) is 6.57. The van der Waals surface area contributed by atoms with Gasteiger partial charge in [0.2, 0.25) is 0 Å². The molecule has 0 aliphatic carbocycles. The molecule has 4 nitrogen and oxygen atoms in total. The quantitative estimate of drug-likeness (QED) is 0.742. The fourth-order valence-electron chi connectivity index (χ4n) is 5.05. The number of nitrogens with zero attached hydrogens (tertiary/aromatic N) is 1. The molecule has 2 heterocycles. The average molecular weight is 382 g/mol. The number of methoxy groups -OCH3 is 3. The number of piperidine rings is 2. The minimum atomic E-state index is 0.471. The summed E-state index contributed by atoms with van der Waals surface area (Å²) < 4.78 is 16.4. The Morgan fingerprint density at radius 2 is 1.54 bits per heavy atom. The van der Waals surface area contributed by atoms with E-state index in [0.29, 0.717) is 17.9 Å². The monoisotopic (exact) mass is 381 g/mol. The maximum atomic E-state index is 5.59. The standard InChI is InChI=1S/C24H31NO3/c1-26-20-10-7-17(8-11-20)22-16-25-13-5-4-6-19(25)15-21(22)18-9-12-23(27-2)24(14-18)28-3/h7-12,14,19,21-22H,4-6,13,15-16H2,1-3H3/t19?,21-,22-/m1/s1. The predicted octanol–water partition coefficient (Wildman–Crippen LogP) is 4.84. The van der Waals surface area contributed by atoms with E-state index >= 15 is 0 Å². The molecule has 28 heavy (non-hydrogen) atoms. The van der Waals surface area contributed by atoms with E-state index in [0.717, 1.165) is 23.8 Å². The molecule has 0 saturated carbocycles. The van der Waals surface area contributed by atoms with E-state index in [9.17, 15) is 0 Å². The van der Waals surface area contributed by atoms with Gasteiger partial charge in [-0.15, -0.1) is 0 Å². The third kappa shape index (κ3) is 3.70. The van der Waals surface area contributed by atoms with E-state index in [1.165, 1.54) is 43.4 Å². The van der Waals surface area contributed by atoms with E-state index in [1.54, 1.807) is 21.3 Å². The van der Waals surface area contributed by atoms with Gasteiger partial charge in [-0.1, -0.05) is 24.6 Å². The van der Waals surface area contributed by atoms with Crippen molar-refractivity contribution in [3.63, 3.8) is 0 Å². The molecule has 0 bridgehead atoms. The Hall–Kier alpha value is -2.20. The Morgan fingerprint density at radius 1 is 0.786 bits per heavy atom. The second-order valence-electron chi connectivity index (χ2n) is 7.98. The van der Waals surface area contributed by atoms with Crippen molar-refractivity contribution in [2.45, 2.75) is 43.6 Å². The zero-order valence-electron chi connectivity index (χ0n) is 17.2. The van der Waals surface area contributed by atoms with Crippen molar-refractivity contribution in [2.75, 3.05) is 34.4 Å². The summed E-state index contributed by atoms with van der Waals surface area (Å²) in [6.45, 7) is 2.35. The Kier molecular flexibility index (Phi) is 5.77. The van der Waals surface area contributed by atoms with Gasteiger partial charge in [-0.3, -0.25) is 4.90 Å². The molecule has 0 amide bonds. The van der Waals surface area contributed by atoms with Crippen molar-refractivity contribution in [3.05, 3.63) is 53.6 Å². The van der Waals surface area contributed by atoms with Gasteiger partial charge in [0.05, 0.1) is 21.3 Å². The van der Waals surface area contributed by atoms with Crippen LogP contribution in [0.3, 0.4) is 0 Å². The first kappa shape index (κ1) is 19.1. The first-order chi connectivity index (χ1) is 13.7. The fourth-order valence-corrected chi connectivity index (χ4v) is 5.05. The second-order valence-corrected chi connectivity index (χ2v) is 7.98. The molecule has 2 aliphatic heterocycles. The maximum Gasteiger partial charge on any atom is 0.160 e. The summed E-state index contributed by atoms with van der Waals surface area (Å²) in [5.41, 5.74) is 2.74. The van der Waals surface area contributed by atoms with Crippen molar-refractivity contribution in [1.82, 2.24) is 4.90 Å². The van der Waals surface area contributed by atoms with Crippen LogP contribution in [-0.4, -0.2) is 45.4 Å². The molecule has 2 aromatic rings. The summed E-state index contributed by atoms with van der Waals surface area (Å²) in [5.74, 6) is 3.48. The molecule has 150 valence electrons. The lowest BCUT2D eigenvalue weighted by molar-refractivity contribution is 0.0832. The van der Waals surface area contributed by atoms with Gasteiger partial charge in [0.1, 0.15) is 5.75 Å². The van der Waals surface area contributed by atoms with E-state index in [4.69, 9.17) is 14.2 Å². The van der Waals surface area contributed by atoms with Crippen molar-refractivity contribution in [1.29, 1.82) is 0 Å². The van der Waals surface area contributed by atoms with E-state index in [2.05, 4.69) is 41.3 Å². The Labute approximate surface area is 168 Å². The van der Waals surface area contributed by atoms with Crippen LogP contribution in [0.1, 0.15) is 48.6 Å². The minimum Gasteiger partial charge on any atom is -0.497 e. The number of fused-ring (bicyclic) bond motifs is 1. The molecule has 2 fully saturated rings. The van der Waals surface area contributed by atoms with Crippen LogP contribution >= 0.6 is 0 Å². The van der Waals surface area contributed by atoms with Crippen LogP contribution in [0.25, 0.3) is 0 Å². The molecule has 2 aliphatic rings. The lowest BCUT2D eigenvalue weighted by Gasteiger charge is -2.47. The van der Waals surface area contributed by atoms with Gasteiger partial charge < -0.3 is 14.2 Å². The topological polar surface area (TPSA) is 30.9 Å². The van der Waals surface area contributed by atoms with Crippen LogP contribution in [0.15, 0.2) is 42.5 Å². The van der Waals surface area contributed by atoms with Gasteiger partial charge in [-0.05, 0) is 67.1 Å². The summed E-state index contributed by atoms with van der Waals surface area (Å²) >= 11 is 0. The summed E-state index contributed by atoms with van der Waals surface area (Å²) in [5, 5.41) is 0. The van der Waals surface area contributed by atoms with E-state index in [1.807, 2.05) is 6.07 Å². The largest absolute Gasteiger partial charge is 0.497 e. The normalized spacial score (nSPS) is 25.0. The van der Waals surface area contributed by atoms with Gasteiger partial charge in [0.15, 0.2) is 11.5 Å². The van der Waals surface area contributed by atoms with Gasteiger partial charge in [0.25, 0.3) is 0 Å². The van der Waals surface area contributed by atoms with Crippen LogP contribution < -0.4 is 14.2 Å². The van der Waals surface area contributed by atoms with Crippen molar-refractivity contribution in [2.24, 2.45) is 0 Å². The number of ether oxygens (including phenoxy) is 3. The highest BCUT2D eigenvalue weighted by Crippen LogP contribution is 2.45. The van der Waals surface area contributed by atoms with Crippen molar-refractivity contribution >= 4 is 0 Å². The first-order valence-electron chi connectivity index (χ1n) is 10.3. The van der Waals surface area contributed by atoms with Crippen LogP contribution in [0.4, 0.5) is 0 Å². The number of rotatable bonds is 5. The SMILES string of the molecule is COc1ccc([C@H]2CN3CCCCC3C[C@@H]2c2ccc(OC)c(OC)c2)cc1. The molecule has 4 heteroatoms.